The summed E-state index contributed by atoms with van der Waals surface area (Å²) in [6.45, 7) is 5.94. The number of benzene rings is 1. The van der Waals surface area contributed by atoms with Gasteiger partial charge in [0.1, 0.15) is 5.54 Å². The summed E-state index contributed by atoms with van der Waals surface area (Å²) in [5.74, 6) is -1.43. The lowest BCUT2D eigenvalue weighted by Crippen LogP contribution is -2.76. The molecule has 0 aliphatic heterocycles. The summed E-state index contributed by atoms with van der Waals surface area (Å²) in [4.78, 5) is 36.4. The highest BCUT2D eigenvalue weighted by molar-refractivity contribution is 5.99. The second-order valence-corrected chi connectivity index (χ2v) is 7.88. The number of carbonyl (C=O) groups excluding carboxylic acids is 2. The first kappa shape index (κ1) is 19.4. The molecule has 7 nitrogen and oxygen atoms in total. The molecule has 7 heteroatoms. The van der Waals surface area contributed by atoms with Crippen molar-refractivity contribution in [3.05, 3.63) is 29.8 Å². The minimum Gasteiger partial charge on any atom is -0.479 e. The van der Waals surface area contributed by atoms with Crippen LogP contribution in [0.15, 0.2) is 24.3 Å². The van der Waals surface area contributed by atoms with Crippen LogP contribution in [0.25, 0.3) is 0 Å². The zero-order chi connectivity index (χ0) is 19.8. The molecule has 0 radical (unpaired) electrons. The van der Waals surface area contributed by atoms with Crippen molar-refractivity contribution in [3.8, 4) is 0 Å². The van der Waals surface area contributed by atoms with E-state index in [1.165, 1.54) is 0 Å². The number of amides is 2. The molecular formula is C20H26N2O5. The lowest BCUT2D eigenvalue weighted by Gasteiger charge is -2.58. The van der Waals surface area contributed by atoms with Gasteiger partial charge in [0.15, 0.2) is 0 Å². The third-order valence-corrected chi connectivity index (χ3v) is 5.82. The second-order valence-electron chi connectivity index (χ2n) is 7.88. The number of hydrogen-bond acceptors (Lipinski definition) is 4. The first-order valence-electron chi connectivity index (χ1n) is 9.29. The van der Waals surface area contributed by atoms with Gasteiger partial charge < -0.3 is 20.5 Å². The molecule has 2 saturated carbocycles. The molecule has 2 unspecified atom stereocenters. The van der Waals surface area contributed by atoms with Gasteiger partial charge in [-0.3, -0.25) is 9.59 Å². The van der Waals surface area contributed by atoms with Gasteiger partial charge in [0.2, 0.25) is 5.91 Å². The molecule has 0 spiro atoms. The van der Waals surface area contributed by atoms with Crippen LogP contribution in [0.3, 0.4) is 0 Å². The summed E-state index contributed by atoms with van der Waals surface area (Å²) in [7, 11) is 0. The lowest BCUT2D eigenvalue weighted by molar-refractivity contribution is -0.190. The number of carboxylic acids is 1. The molecule has 2 aliphatic rings. The molecular weight excluding hydrogens is 348 g/mol. The van der Waals surface area contributed by atoms with Crippen LogP contribution in [0.4, 0.5) is 5.69 Å². The summed E-state index contributed by atoms with van der Waals surface area (Å²) in [5.41, 5.74) is -1.14. The average molecular weight is 374 g/mol. The molecule has 27 heavy (non-hydrogen) atoms. The van der Waals surface area contributed by atoms with Gasteiger partial charge in [-0.15, -0.1) is 0 Å². The standard InChI is InChI=1S/C20H26N2O5/c1-4-27-15-11-20(18(25)26,19(15,2)3)22-17(24)13-7-9-14(10-8-13)21-16(23)12-5-6-12/h7-10,12,15H,4-6,11H2,1-3H3,(H,21,23)(H,22,24)(H,25,26). The van der Waals surface area contributed by atoms with Crippen molar-refractivity contribution in [1.29, 1.82) is 0 Å². The Labute approximate surface area is 158 Å². The van der Waals surface area contributed by atoms with E-state index in [-0.39, 0.29) is 24.3 Å². The summed E-state index contributed by atoms with van der Waals surface area (Å²) in [5, 5.41) is 15.3. The highest BCUT2D eigenvalue weighted by Gasteiger charge is 2.66. The first-order valence-corrected chi connectivity index (χ1v) is 9.29. The van der Waals surface area contributed by atoms with E-state index in [1.54, 1.807) is 38.1 Å². The fraction of sp³-hybridized carbons (Fsp3) is 0.550. The van der Waals surface area contributed by atoms with Crippen LogP contribution in [0.1, 0.15) is 50.4 Å². The van der Waals surface area contributed by atoms with E-state index in [2.05, 4.69) is 10.6 Å². The highest BCUT2D eigenvalue weighted by atomic mass is 16.5. The summed E-state index contributed by atoms with van der Waals surface area (Å²) >= 11 is 0. The normalized spacial score (nSPS) is 26.0. The zero-order valence-corrected chi connectivity index (χ0v) is 15.9. The van der Waals surface area contributed by atoms with E-state index >= 15 is 0 Å². The van der Waals surface area contributed by atoms with E-state index in [0.717, 1.165) is 12.8 Å². The zero-order valence-electron chi connectivity index (χ0n) is 15.9. The minimum absolute atomic E-state index is 0.00443. The predicted octanol–water partition coefficient (Wildman–Crippen LogP) is 2.42. The van der Waals surface area contributed by atoms with Crippen LogP contribution in [-0.4, -0.2) is 41.1 Å². The maximum Gasteiger partial charge on any atom is 0.330 e. The quantitative estimate of drug-likeness (QED) is 0.680. The van der Waals surface area contributed by atoms with Crippen LogP contribution in [-0.2, 0) is 14.3 Å². The van der Waals surface area contributed by atoms with Gasteiger partial charge in [0.05, 0.1) is 6.10 Å². The minimum atomic E-state index is -1.37. The summed E-state index contributed by atoms with van der Waals surface area (Å²) in [6.07, 6.45) is 1.84. The Morgan fingerprint density at radius 2 is 1.81 bits per heavy atom. The Bertz CT molecular complexity index is 754. The third-order valence-electron chi connectivity index (χ3n) is 5.82. The number of carbonyl (C=O) groups is 3. The van der Waals surface area contributed by atoms with Crippen molar-refractivity contribution in [2.75, 3.05) is 11.9 Å². The van der Waals surface area contributed by atoms with Crippen LogP contribution in [0.5, 0.6) is 0 Å². The molecule has 0 aromatic heterocycles. The maximum atomic E-state index is 12.7. The Hall–Kier alpha value is -2.41. The largest absolute Gasteiger partial charge is 0.479 e. The molecule has 3 N–H and O–H groups in total. The Morgan fingerprint density at radius 1 is 1.19 bits per heavy atom. The number of anilines is 1. The molecule has 1 aromatic rings. The number of rotatable bonds is 7. The number of aliphatic carboxylic acids is 1. The van der Waals surface area contributed by atoms with E-state index in [1.807, 2.05) is 6.92 Å². The predicted molar refractivity (Wildman–Crippen MR) is 99.4 cm³/mol. The van der Waals surface area contributed by atoms with Gasteiger partial charge in [-0.1, -0.05) is 13.8 Å². The Kier molecular flexibility index (Phi) is 4.99. The fourth-order valence-corrected chi connectivity index (χ4v) is 3.60. The Balaban J connectivity index is 1.69. The first-order chi connectivity index (χ1) is 12.7. The number of nitrogens with one attached hydrogen (secondary N) is 2. The van der Waals surface area contributed by atoms with Crippen molar-refractivity contribution in [2.45, 2.75) is 51.7 Å². The fourth-order valence-electron chi connectivity index (χ4n) is 3.60. The van der Waals surface area contributed by atoms with Gasteiger partial charge >= 0.3 is 5.97 Å². The topological polar surface area (TPSA) is 105 Å². The van der Waals surface area contributed by atoms with Gasteiger partial charge in [0, 0.05) is 35.6 Å². The molecule has 2 amide bonds. The van der Waals surface area contributed by atoms with Gasteiger partial charge in [-0.2, -0.15) is 0 Å². The number of carboxylic acid groups (broad SMARTS) is 1. The average Bonchev–Trinajstić information content (AvgIpc) is 3.46. The van der Waals surface area contributed by atoms with Crippen molar-refractivity contribution < 1.29 is 24.2 Å². The highest BCUT2D eigenvalue weighted by Crippen LogP contribution is 2.51. The Morgan fingerprint density at radius 3 is 2.30 bits per heavy atom. The smallest absolute Gasteiger partial charge is 0.330 e. The number of hydrogen-bond donors (Lipinski definition) is 3. The molecule has 2 atom stereocenters. The van der Waals surface area contributed by atoms with Crippen LogP contribution >= 0.6 is 0 Å². The molecule has 2 aliphatic carbocycles. The molecule has 0 saturated heterocycles. The van der Waals surface area contributed by atoms with E-state index in [0.29, 0.717) is 17.9 Å². The molecule has 3 rings (SSSR count). The maximum absolute atomic E-state index is 12.7. The van der Waals surface area contributed by atoms with Crippen LogP contribution in [0, 0.1) is 11.3 Å². The second kappa shape index (κ2) is 6.96. The van der Waals surface area contributed by atoms with Crippen LogP contribution < -0.4 is 10.6 Å². The van der Waals surface area contributed by atoms with Gasteiger partial charge in [-0.05, 0) is 44.0 Å². The molecule has 1 aromatic carbocycles. The molecule has 0 heterocycles. The van der Waals surface area contributed by atoms with Crippen LogP contribution in [0.2, 0.25) is 0 Å². The van der Waals surface area contributed by atoms with E-state index < -0.39 is 22.8 Å². The van der Waals surface area contributed by atoms with Crippen molar-refractivity contribution in [1.82, 2.24) is 5.32 Å². The van der Waals surface area contributed by atoms with Gasteiger partial charge in [-0.25, -0.2) is 4.79 Å². The van der Waals surface area contributed by atoms with Crippen molar-refractivity contribution in [3.63, 3.8) is 0 Å². The SMILES string of the molecule is CCOC1CC(NC(=O)c2ccc(NC(=O)C3CC3)cc2)(C(=O)O)C1(C)C. The monoisotopic (exact) mass is 374 g/mol. The molecule has 146 valence electrons. The van der Waals surface area contributed by atoms with Crippen molar-refractivity contribution in [2.24, 2.45) is 11.3 Å². The van der Waals surface area contributed by atoms with E-state index in [9.17, 15) is 19.5 Å². The summed E-state index contributed by atoms with van der Waals surface area (Å²) < 4.78 is 5.61. The number of ether oxygens (including phenoxy) is 1. The van der Waals surface area contributed by atoms with Crippen molar-refractivity contribution >= 4 is 23.5 Å². The molecule has 0 bridgehead atoms. The molecule has 2 fully saturated rings. The summed E-state index contributed by atoms with van der Waals surface area (Å²) in [6, 6.07) is 6.47. The lowest BCUT2D eigenvalue weighted by atomic mass is 9.54. The van der Waals surface area contributed by atoms with E-state index in [4.69, 9.17) is 4.74 Å². The third kappa shape index (κ3) is 3.43. The van der Waals surface area contributed by atoms with Gasteiger partial charge in [0.25, 0.3) is 5.91 Å².